The van der Waals surface area contributed by atoms with Crippen molar-refractivity contribution < 1.29 is 18.1 Å². The van der Waals surface area contributed by atoms with Gasteiger partial charge in [-0.05, 0) is 25.5 Å². The van der Waals surface area contributed by atoms with Crippen molar-refractivity contribution in [2.45, 2.75) is 18.9 Å². The third kappa shape index (κ3) is 3.05. The molecule has 0 saturated carbocycles. The lowest BCUT2D eigenvalue weighted by Gasteiger charge is -2.34. The number of nitrogens with zero attached hydrogens (tertiary/aromatic N) is 2. The normalized spacial score (nSPS) is 23.7. The van der Waals surface area contributed by atoms with Gasteiger partial charge in [-0.2, -0.15) is 0 Å². The van der Waals surface area contributed by atoms with E-state index in [0.29, 0.717) is 12.0 Å². The molecule has 0 unspecified atom stereocenters. The van der Waals surface area contributed by atoms with E-state index in [-0.39, 0.29) is 23.1 Å². The number of amides is 1. The highest BCUT2D eigenvalue weighted by Gasteiger charge is 2.43. The standard InChI is InChI=1S/C13H16N2O5S/c1-13(7-8-21(19,20)9-13)14(2)12(16)10-3-5-11(6-4-10)15(17)18/h3-6H,7-9H2,1-2H3/t13-/m0/s1. The molecule has 0 spiro atoms. The maximum atomic E-state index is 12.4. The number of carbonyl (C=O) groups excluding carboxylic acids is 1. The van der Waals surface area contributed by atoms with Gasteiger partial charge in [-0.3, -0.25) is 14.9 Å². The molecule has 1 aliphatic rings. The zero-order chi connectivity index (χ0) is 15.8. The maximum Gasteiger partial charge on any atom is 0.269 e. The van der Waals surface area contributed by atoms with Gasteiger partial charge < -0.3 is 4.90 Å². The minimum Gasteiger partial charge on any atom is -0.335 e. The van der Waals surface area contributed by atoms with Crippen molar-refractivity contribution in [3.05, 3.63) is 39.9 Å². The van der Waals surface area contributed by atoms with Crippen molar-refractivity contribution in [2.75, 3.05) is 18.6 Å². The van der Waals surface area contributed by atoms with E-state index in [4.69, 9.17) is 0 Å². The van der Waals surface area contributed by atoms with Crippen LogP contribution in [0.2, 0.25) is 0 Å². The molecule has 2 rings (SSSR count). The first-order valence-corrected chi connectivity index (χ1v) is 8.20. The second-order valence-electron chi connectivity index (χ2n) is 5.51. The van der Waals surface area contributed by atoms with Crippen molar-refractivity contribution in [2.24, 2.45) is 0 Å². The van der Waals surface area contributed by atoms with Crippen molar-refractivity contribution in [3.63, 3.8) is 0 Å². The Morgan fingerprint density at radius 2 is 1.90 bits per heavy atom. The van der Waals surface area contributed by atoms with Crippen molar-refractivity contribution >= 4 is 21.4 Å². The summed E-state index contributed by atoms with van der Waals surface area (Å²) in [5, 5.41) is 10.6. The van der Waals surface area contributed by atoms with Crippen LogP contribution in [-0.2, 0) is 9.84 Å². The summed E-state index contributed by atoms with van der Waals surface area (Å²) in [5.74, 6) is -0.333. The van der Waals surface area contributed by atoms with Gasteiger partial charge in [0.15, 0.2) is 9.84 Å². The fraction of sp³-hybridized carbons (Fsp3) is 0.462. The average Bonchev–Trinajstić information content (AvgIpc) is 2.72. The van der Waals surface area contributed by atoms with Crippen LogP contribution in [0, 0.1) is 10.1 Å². The molecule has 0 bridgehead atoms. The van der Waals surface area contributed by atoms with Crippen LogP contribution in [0.15, 0.2) is 24.3 Å². The molecular formula is C13H16N2O5S. The lowest BCUT2D eigenvalue weighted by atomic mass is 9.99. The molecular weight excluding hydrogens is 296 g/mol. The minimum atomic E-state index is -3.12. The Morgan fingerprint density at radius 3 is 2.33 bits per heavy atom. The summed E-state index contributed by atoms with van der Waals surface area (Å²) in [4.78, 5) is 23.9. The number of carbonyl (C=O) groups is 1. The topological polar surface area (TPSA) is 97.6 Å². The molecule has 8 heteroatoms. The summed E-state index contributed by atoms with van der Waals surface area (Å²) in [6, 6.07) is 5.27. The summed E-state index contributed by atoms with van der Waals surface area (Å²) < 4.78 is 23.2. The summed E-state index contributed by atoms with van der Waals surface area (Å²) in [7, 11) is -1.56. The second-order valence-corrected chi connectivity index (χ2v) is 7.69. The molecule has 1 saturated heterocycles. The molecule has 0 N–H and O–H groups in total. The molecule has 7 nitrogen and oxygen atoms in total. The molecule has 0 radical (unpaired) electrons. The van der Waals surface area contributed by atoms with Gasteiger partial charge in [0.05, 0.1) is 22.0 Å². The second kappa shape index (κ2) is 5.10. The van der Waals surface area contributed by atoms with Gasteiger partial charge in [-0.25, -0.2) is 8.42 Å². The summed E-state index contributed by atoms with van der Waals surface area (Å²) in [6.45, 7) is 1.74. The van der Waals surface area contributed by atoms with E-state index in [0.717, 1.165) is 0 Å². The van der Waals surface area contributed by atoms with E-state index in [9.17, 15) is 23.3 Å². The monoisotopic (exact) mass is 312 g/mol. The number of non-ortho nitro benzene ring substituents is 1. The number of nitro groups is 1. The number of benzene rings is 1. The third-order valence-corrected chi connectivity index (χ3v) is 5.81. The Balaban J connectivity index is 2.21. The molecule has 1 aromatic rings. The first-order valence-electron chi connectivity index (χ1n) is 6.38. The molecule has 1 aromatic carbocycles. The Kier molecular flexibility index (Phi) is 3.75. The average molecular weight is 312 g/mol. The highest BCUT2D eigenvalue weighted by atomic mass is 32.2. The largest absolute Gasteiger partial charge is 0.335 e. The summed E-state index contributed by atoms with van der Waals surface area (Å²) in [5.41, 5.74) is -0.532. The van der Waals surface area contributed by atoms with Crippen LogP contribution < -0.4 is 0 Å². The van der Waals surface area contributed by atoms with Gasteiger partial charge in [-0.15, -0.1) is 0 Å². The molecule has 1 heterocycles. The van der Waals surface area contributed by atoms with E-state index in [1.54, 1.807) is 14.0 Å². The van der Waals surface area contributed by atoms with Crippen molar-refractivity contribution in [3.8, 4) is 0 Å². The summed E-state index contributed by atoms with van der Waals surface area (Å²) in [6.07, 6.45) is 0.393. The number of rotatable bonds is 3. The van der Waals surface area contributed by atoms with E-state index in [2.05, 4.69) is 0 Å². The van der Waals surface area contributed by atoms with Crippen molar-refractivity contribution in [1.82, 2.24) is 4.90 Å². The van der Waals surface area contributed by atoms with E-state index < -0.39 is 20.3 Å². The molecule has 1 aliphatic heterocycles. The number of hydrogen-bond donors (Lipinski definition) is 0. The molecule has 1 atom stereocenters. The van der Waals surface area contributed by atoms with Crippen LogP contribution in [0.4, 0.5) is 5.69 Å². The van der Waals surface area contributed by atoms with E-state index in [1.807, 2.05) is 0 Å². The lowest BCUT2D eigenvalue weighted by Crippen LogP contribution is -2.48. The predicted octanol–water partition coefficient (Wildman–Crippen LogP) is 1.24. The van der Waals surface area contributed by atoms with Crippen LogP contribution in [0.25, 0.3) is 0 Å². The fourth-order valence-corrected chi connectivity index (χ4v) is 4.60. The van der Waals surface area contributed by atoms with Crippen LogP contribution in [0.5, 0.6) is 0 Å². The highest BCUT2D eigenvalue weighted by molar-refractivity contribution is 7.91. The molecule has 0 aromatic heterocycles. The van der Waals surface area contributed by atoms with Gasteiger partial charge in [0.1, 0.15) is 0 Å². The number of sulfone groups is 1. The number of nitro benzene ring substituents is 1. The SMILES string of the molecule is CN(C(=O)c1ccc([N+](=O)[O-])cc1)[C@@]1(C)CCS(=O)(=O)C1. The predicted molar refractivity (Wildman–Crippen MR) is 76.9 cm³/mol. The van der Waals surface area contributed by atoms with Crippen LogP contribution >= 0.6 is 0 Å². The third-order valence-electron chi connectivity index (χ3n) is 3.92. The van der Waals surface area contributed by atoms with Crippen molar-refractivity contribution in [1.29, 1.82) is 0 Å². The first-order chi connectivity index (χ1) is 9.65. The zero-order valence-electron chi connectivity index (χ0n) is 11.8. The minimum absolute atomic E-state index is 0.0603. The van der Waals surface area contributed by atoms with E-state index in [1.165, 1.54) is 29.2 Å². The Hall–Kier alpha value is -1.96. The van der Waals surface area contributed by atoms with Gasteiger partial charge in [-0.1, -0.05) is 0 Å². The van der Waals surface area contributed by atoms with Crippen LogP contribution in [0.3, 0.4) is 0 Å². The van der Waals surface area contributed by atoms with Gasteiger partial charge >= 0.3 is 0 Å². The van der Waals surface area contributed by atoms with Gasteiger partial charge in [0.25, 0.3) is 11.6 Å². The molecule has 21 heavy (non-hydrogen) atoms. The van der Waals surface area contributed by atoms with Gasteiger partial charge in [0, 0.05) is 24.7 Å². The Labute approximate surface area is 122 Å². The zero-order valence-corrected chi connectivity index (χ0v) is 12.6. The molecule has 114 valence electrons. The highest BCUT2D eigenvalue weighted by Crippen LogP contribution is 2.29. The maximum absolute atomic E-state index is 12.4. The Bertz CT molecular complexity index is 683. The van der Waals surface area contributed by atoms with E-state index >= 15 is 0 Å². The van der Waals surface area contributed by atoms with Crippen LogP contribution in [-0.4, -0.2) is 48.2 Å². The quantitative estimate of drug-likeness (QED) is 0.618. The van der Waals surface area contributed by atoms with Crippen LogP contribution in [0.1, 0.15) is 23.7 Å². The molecule has 1 fully saturated rings. The number of hydrogen-bond acceptors (Lipinski definition) is 5. The molecule has 0 aliphatic carbocycles. The summed E-state index contributed by atoms with van der Waals surface area (Å²) >= 11 is 0. The smallest absolute Gasteiger partial charge is 0.269 e. The molecule has 1 amide bonds. The first kappa shape index (κ1) is 15.4. The Morgan fingerprint density at radius 1 is 1.33 bits per heavy atom. The lowest BCUT2D eigenvalue weighted by molar-refractivity contribution is -0.384. The van der Waals surface area contributed by atoms with Gasteiger partial charge in [0.2, 0.25) is 0 Å². The fourth-order valence-electron chi connectivity index (χ4n) is 2.42.